The summed E-state index contributed by atoms with van der Waals surface area (Å²) in [5.41, 5.74) is 1.32. The van der Waals surface area contributed by atoms with Crippen LogP contribution in [0.3, 0.4) is 0 Å². The third kappa shape index (κ3) is 1.88. The first kappa shape index (κ1) is 11.6. The summed E-state index contributed by atoms with van der Waals surface area (Å²) >= 11 is 0. The van der Waals surface area contributed by atoms with Crippen LogP contribution in [-0.4, -0.2) is 14.7 Å². The highest BCUT2D eigenvalue weighted by atomic mass is 16.3. The van der Waals surface area contributed by atoms with E-state index in [-0.39, 0.29) is 0 Å². The summed E-state index contributed by atoms with van der Waals surface area (Å²) in [5, 5.41) is 10.2. The summed E-state index contributed by atoms with van der Waals surface area (Å²) in [5.74, 6) is 1.56. The molecular formula is C13H22N2O. The zero-order valence-electron chi connectivity index (χ0n) is 10.7. The first-order valence-electron chi connectivity index (χ1n) is 6.23. The summed E-state index contributed by atoms with van der Waals surface area (Å²) < 4.78 is 2.32. The molecule has 0 amide bonds. The van der Waals surface area contributed by atoms with Crippen LogP contribution in [0.15, 0.2) is 0 Å². The third-order valence-electron chi connectivity index (χ3n) is 3.24. The minimum atomic E-state index is -0.818. The van der Waals surface area contributed by atoms with Gasteiger partial charge in [-0.2, -0.15) is 0 Å². The van der Waals surface area contributed by atoms with Gasteiger partial charge in [0, 0.05) is 18.2 Å². The first-order chi connectivity index (χ1) is 7.41. The average Bonchev–Trinajstić information content (AvgIpc) is 2.56. The maximum Gasteiger partial charge on any atom is 0.111 e. The van der Waals surface area contributed by atoms with Gasteiger partial charge in [0.25, 0.3) is 0 Å². The molecule has 2 rings (SSSR count). The molecule has 0 fully saturated rings. The number of hydrogen-bond acceptors (Lipinski definition) is 2. The molecular weight excluding hydrogens is 200 g/mol. The lowest BCUT2D eigenvalue weighted by molar-refractivity contribution is 0.0727. The molecule has 0 unspecified atom stereocenters. The predicted octanol–water partition coefficient (Wildman–Crippen LogP) is 2.57. The van der Waals surface area contributed by atoms with Gasteiger partial charge in [-0.25, -0.2) is 4.98 Å². The molecule has 0 aliphatic carbocycles. The van der Waals surface area contributed by atoms with E-state index in [1.165, 1.54) is 18.5 Å². The average molecular weight is 222 g/mol. The molecule has 0 saturated heterocycles. The molecule has 0 spiro atoms. The number of nitrogens with zero attached hydrogens (tertiary/aromatic N) is 2. The smallest absolute Gasteiger partial charge is 0.111 e. The highest BCUT2D eigenvalue weighted by Gasteiger charge is 2.29. The van der Waals surface area contributed by atoms with E-state index in [2.05, 4.69) is 23.4 Å². The van der Waals surface area contributed by atoms with E-state index in [1.54, 1.807) is 0 Å². The lowest BCUT2D eigenvalue weighted by Gasteiger charge is -2.21. The number of imidazole rings is 1. The van der Waals surface area contributed by atoms with E-state index >= 15 is 0 Å². The van der Waals surface area contributed by atoms with Gasteiger partial charge in [0.1, 0.15) is 11.4 Å². The zero-order valence-corrected chi connectivity index (χ0v) is 10.7. The van der Waals surface area contributed by atoms with Crippen molar-refractivity contribution in [1.82, 2.24) is 9.55 Å². The SMILES string of the molecule is CC(C)c1nc(C(C)(C)O)c2n1CCCC2. The van der Waals surface area contributed by atoms with Crippen molar-refractivity contribution in [2.45, 2.75) is 65.0 Å². The minimum absolute atomic E-state index is 0.424. The first-order valence-corrected chi connectivity index (χ1v) is 6.23. The molecule has 1 aliphatic heterocycles. The van der Waals surface area contributed by atoms with Gasteiger partial charge < -0.3 is 9.67 Å². The normalized spacial score (nSPS) is 16.6. The fraction of sp³-hybridized carbons (Fsp3) is 0.769. The number of aromatic nitrogens is 2. The van der Waals surface area contributed by atoms with E-state index < -0.39 is 5.60 Å². The van der Waals surface area contributed by atoms with Crippen molar-refractivity contribution in [2.75, 3.05) is 0 Å². The number of hydrogen-bond donors (Lipinski definition) is 1. The zero-order chi connectivity index (χ0) is 11.9. The third-order valence-corrected chi connectivity index (χ3v) is 3.24. The van der Waals surface area contributed by atoms with Crippen LogP contribution in [0.5, 0.6) is 0 Å². The molecule has 0 atom stereocenters. The van der Waals surface area contributed by atoms with Crippen LogP contribution >= 0.6 is 0 Å². The van der Waals surface area contributed by atoms with Gasteiger partial charge in [0.05, 0.1) is 5.69 Å². The Kier molecular flexibility index (Phi) is 2.82. The predicted molar refractivity (Wildman–Crippen MR) is 64.5 cm³/mol. The van der Waals surface area contributed by atoms with Crippen molar-refractivity contribution in [2.24, 2.45) is 0 Å². The van der Waals surface area contributed by atoms with Crippen LogP contribution in [0, 0.1) is 0 Å². The van der Waals surface area contributed by atoms with Crippen LogP contribution in [-0.2, 0) is 18.6 Å². The molecule has 0 aromatic carbocycles. The standard InChI is InChI=1S/C13H22N2O/c1-9(2)12-14-11(13(3,4)16)10-7-5-6-8-15(10)12/h9,16H,5-8H2,1-4H3. The van der Waals surface area contributed by atoms with Gasteiger partial charge in [-0.3, -0.25) is 0 Å². The fourth-order valence-corrected chi connectivity index (χ4v) is 2.50. The fourth-order valence-electron chi connectivity index (χ4n) is 2.50. The Balaban J connectivity index is 2.55. The van der Waals surface area contributed by atoms with Crippen LogP contribution in [0.25, 0.3) is 0 Å². The molecule has 1 N–H and O–H groups in total. The Morgan fingerprint density at radius 2 is 2.00 bits per heavy atom. The molecule has 16 heavy (non-hydrogen) atoms. The van der Waals surface area contributed by atoms with Gasteiger partial charge in [-0.15, -0.1) is 0 Å². The molecule has 0 bridgehead atoms. The largest absolute Gasteiger partial charge is 0.384 e. The summed E-state index contributed by atoms with van der Waals surface area (Å²) in [6.45, 7) is 9.05. The highest BCUT2D eigenvalue weighted by Crippen LogP contribution is 2.30. The van der Waals surface area contributed by atoms with Crippen molar-refractivity contribution in [3.8, 4) is 0 Å². The number of aliphatic hydroxyl groups is 1. The van der Waals surface area contributed by atoms with Gasteiger partial charge in [0.15, 0.2) is 0 Å². The second-order valence-electron chi connectivity index (χ2n) is 5.59. The van der Waals surface area contributed by atoms with Crippen molar-refractivity contribution in [3.05, 3.63) is 17.2 Å². The lowest BCUT2D eigenvalue weighted by atomic mass is 9.99. The topological polar surface area (TPSA) is 38.1 Å². The Labute approximate surface area is 97.5 Å². The van der Waals surface area contributed by atoms with Crippen molar-refractivity contribution in [1.29, 1.82) is 0 Å². The monoisotopic (exact) mass is 222 g/mol. The molecule has 0 radical (unpaired) electrons. The second kappa shape index (κ2) is 3.88. The van der Waals surface area contributed by atoms with Crippen molar-refractivity contribution >= 4 is 0 Å². The van der Waals surface area contributed by atoms with Crippen molar-refractivity contribution in [3.63, 3.8) is 0 Å². The van der Waals surface area contributed by atoms with Crippen LogP contribution in [0.4, 0.5) is 0 Å². The summed E-state index contributed by atoms with van der Waals surface area (Å²) in [6, 6.07) is 0. The number of rotatable bonds is 2. The number of fused-ring (bicyclic) bond motifs is 1. The molecule has 3 nitrogen and oxygen atoms in total. The van der Waals surface area contributed by atoms with E-state index in [0.29, 0.717) is 5.92 Å². The van der Waals surface area contributed by atoms with Gasteiger partial charge in [-0.05, 0) is 33.1 Å². The maximum absolute atomic E-state index is 10.2. The van der Waals surface area contributed by atoms with E-state index in [9.17, 15) is 5.11 Å². The Morgan fingerprint density at radius 1 is 1.31 bits per heavy atom. The molecule has 3 heteroatoms. The molecule has 0 saturated carbocycles. The molecule has 2 heterocycles. The van der Waals surface area contributed by atoms with E-state index in [4.69, 9.17) is 0 Å². The van der Waals surface area contributed by atoms with E-state index in [0.717, 1.165) is 24.5 Å². The Hall–Kier alpha value is -0.830. The van der Waals surface area contributed by atoms with Gasteiger partial charge in [-0.1, -0.05) is 13.8 Å². The lowest BCUT2D eigenvalue weighted by Crippen LogP contribution is -2.21. The second-order valence-corrected chi connectivity index (χ2v) is 5.59. The molecule has 1 aliphatic rings. The van der Waals surface area contributed by atoms with Crippen LogP contribution in [0.2, 0.25) is 0 Å². The maximum atomic E-state index is 10.2. The summed E-state index contributed by atoms with van der Waals surface area (Å²) in [7, 11) is 0. The van der Waals surface area contributed by atoms with Gasteiger partial charge in [0.2, 0.25) is 0 Å². The van der Waals surface area contributed by atoms with E-state index in [1.807, 2.05) is 13.8 Å². The molecule has 1 aromatic heterocycles. The Bertz CT molecular complexity index is 385. The quantitative estimate of drug-likeness (QED) is 0.835. The molecule has 90 valence electrons. The van der Waals surface area contributed by atoms with Crippen LogP contribution < -0.4 is 0 Å². The summed E-state index contributed by atoms with van der Waals surface area (Å²) in [4.78, 5) is 4.68. The highest BCUT2D eigenvalue weighted by molar-refractivity contribution is 5.25. The summed E-state index contributed by atoms with van der Waals surface area (Å²) in [6.07, 6.45) is 3.50. The molecule has 1 aromatic rings. The van der Waals surface area contributed by atoms with Crippen LogP contribution in [0.1, 0.15) is 63.7 Å². The van der Waals surface area contributed by atoms with Gasteiger partial charge >= 0.3 is 0 Å². The Morgan fingerprint density at radius 3 is 2.56 bits per heavy atom. The minimum Gasteiger partial charge on any atom is -0.384 e. The van der Waals surface area contributed by atoms with Crippen molar-refractivity contribution < 1.29 is 5.11 Å².